The predicted octanol–water partition coefficient (Wildman–Crippen LogP) is 2.51. The number of aryl methyl sites for hydroxylation is 2. The molecule has 0 radical (unpaired) electrons. The van der Waals surface area contributed by atoms with Crippen LogP contribution in [0.3, 0.4) is 0 Å². The van der Waals surface area contributed by atoms with Gasteiger partial charge in [0.1, 0.15) is 0 Å². The van der Waals surface area contributed by atoms with Gasteiger partial charge in [0.15, 0.2) is 5.13 Å². The third-order valence-corrected chi connectivity index (χ3v) is 4.64. The zero-order valence-corrected chi connectivity index (χ0v) is 14.3. The Balaban J connectivity index is 1.61. The first-order chi connectivity index (χ1) is 12.1. The van der Waals surface area contributed by atoms with E-state index in [1.54, 1.807) is 18.5 Å². The summed E-state index contributed by atoms with van der Waals surface area (Å²) in [5.41, 5.74) is 2.47. The molecule has 0 aromatic carbocycles. The minimum absolute atomic E-state index is 0.0500. The highest BCUT2D eigenvalue weighted by Gasteiger charge is 2.18. The van der Waals surface area contributed by atoms with Crippen molar-refractivity contribution in [3.63, 3.8) is 0 Å². The maximum absolute atomic E-state index is 12.4. The minimum Gasteiger partial charge on any atom is -0.295 e. The Morgan fingerprint density at radius 3 is 2.76 bits per heavy atom. The SMILES string of the molecule is Cc1nc(NC(=O)c2nc3nccc(C)n3n2)sc1-c1ccccn1. The summed E-state index contributed by atoms with van der Waals surface area (Å²) in [5.74, 6) is 0.00917. The molecule has 1 N–H and O–H groups in total. The second kappa shape index (κ2) is 6.02. The Kier molecular flexibility index (Phi) is 3.69. The van der Waals surface area contributed by atoms with Gasteiger partial charge >= 0.3 is 0 Å². The van der Waals surface area contributed by atoms with Crippen molar-refractivity contribution in [2.75, 3.05) is 5.32 Å². The van der Waals surface area contributed by atoms with E-state index in [2.05, 4.69) is 30.4 Å². The number of rotatable bonds is 3. The molecule has 0 fully saturated rings. The lowest BCUT2D eigenvalue weighted by Crippen LogP contribution is -2.13. The van der Waals surface area contributed by atoms with Crippen LogP contribution in [-0.4, -0.2) is 35.5 Å². The maximum atomic E-state index is 12.4. The van der Waals surface area contributed by atoms with Gasteiger partial charge in [0, 0.05) is 18.1 Å². The van der Waals surface area contributed by atoms with Crippen molar-refractivity contribution < 1.29 is 4.79 Å². The summed E-state index contributed by atoms with van der Waals surface area (Å²) < 4.78 is 1.53. The van der Waals surface area contributed by atoms with Crippen LogP contribution in [0.2, 0.25) is 0 Å². The molecule has 4 heterocycles. The zero-order valence-electron chi connectivity index (χ0n) is 13.5. The fourth-order valence-electron chi connectivity index (χ4n) is 2.34. The lowest BCUT2D eigenvalue weighted by Gasteiger charge is -1.96. The van der Waals surface area contributed by atoms with Crippen LogP contribution < -0.4 is 5.32 Å². The molecular formula is C16H13N7OS. The average molecular weight is 351 g/mol. The minimum atomic E-state index is -0.425. The average Bonchev–Trinajstić information content (AvgIpc) is 3.20. The van der Waals surface area contributed by atoms with Gasteiger partial charge in [-0.15, -0.1) is 5.10 Å². The topological polar surface area (TPSA) is 98.0 Å². The Morgan fingerprint density at radius 2 is 2.00 bits per heavy atom. The molecule has 0 aliphatic heterocycles. The van der Waals surface area contributed by atoms with Gasteiger partial charge in [-0.3, -0.25) is 15.1 Å². The first kappa shape index (κ1) is 15.3. The van der Waals surface area contributed by atoms with Crippen LogP contribution in [0.1, 0.15) is 22.0 Å². The Hall–Kier alpha value is -3.20. The molecule has 0 saturated heterocycles. The molecule has 9 heteroatoms. The number of pyridine rings is 1. The number of carbonyl (C=O) groups excluding carboxylic acids is 1. The Labute approximate surface area is 146 Å². The van der Waals surface area contributed by atoms with Crippen LogP contribution in [0.15, 0.2) is 36.7 Å². The van der Waals surface area contributed by atoms with Gasteiger partial charge in [-0.05, 0) is 32.0 Å². The van der Waals surface area contributed by atoms with Crippen LogP contribution in [0.5, 0.6) is 0 Å². The largest absolute Gasteiger partial charge is 0.297 e. The molecular weight excluding hydrogens is 338 g/mol. The summed E-state index contributed by atoms with van der Waals surface area (Å²) in [6.45, 7) is 3.75. The highest BCUT2D eigenvalue weighted by molar-refractivity contribution is 7.19. The molecule has 0 aliphatic carbocycles. The molecule has 0 spiro atoms. The molecule has 4 aromatic heterocycles. The van der Waals surface area contributed by atoms with Crippen LogP contribution >= 0.6 is 11.3 Å². The monoisotopic (exact) mass is 351 g/mol. The van der Waals surface area contributed by atoms with Crippen molar-refractivity contribution in [3.05, 3.63) is 53.9 Å². The van der Waals surface area contributed by atoms with Gasteiger partial charge < -0.3 is 0 Å². The maximum Gasteiger partial charge on any atom is 0.297 e. The van der Waals surface area contributed by atoms with Crippen molar-refractivity contribution in [2.24, 2.45) is 0 Å². The Bertz CT molecular complexity index is 1070. The summed E-state index contributed by atoms with van der Waals surface area (Å²) in [6.07, 6.45) is 3.35. The number of fused-ring (bicyclic) bond motifs is 1. The van der Waals surface area contributed by atoms with E-state index in [1.807, 2.05) is 32.0 Å². The number of hydrogen-bond donors (Lipinski definition) is 1. The second-order valence-electron chi connectivity index (χ2n) is 5.34. The number of hydrogen-bond acceptors (Lipinski definition) is 7. The number of aromatic nitrogens is 6. The van der Waals surface area contributed by atoms with Crippen LogP contribution in [0, 0.1) is 13.8 Å². The van der Waals surface area contributed by atoms with E-state index in [4.69, 9.17) is 0 Å². The number of nitrogens with one attached hydrogen (secondary N) is 1. The van der Waals surface area contributed by atoms with E-state index >= 15 is 0 Å². The molecule has 124 valence electrons. The van der Waals surface area contributed by atoms with Gasteiger partial charge in [0.25, 0.3) is 11.7 Å². The lowest BCUT2D eigenvalue weighted by atomic mass is 10.3. The summed E-state index contributed by atoms with van der Waals surface area (Å²) >= 11 is 1.36. The number of anilines is 1. The molecule has 0 bridgehead atoms. The Morgan fingerprint density at radius 1 is 1.12 bits per heavy atom. The molecule has 25 heavy (non-hydrogen) atoms. The molecule has 0 unspecified atom stereocenters. The standard InChI is InChI=1S/C16H13N7OS/c1-9-6-8-18-15-20-13(22-23(9)15)14(24)21-16-19-10(2)12(25-16)11-5-3-4-7-17-11/h3-8H,1-2H3,(H,19,21,24). The van der Waals surface area contributed by atoms with Crippen LogP contribution in [0.25, 0.3) is 16.3 Å². The summed E-state index contributed by atoms with van der Waals surface area (Å²) in [4.78, 5) is 30.3. The molecule has 4 rings (SSSR count). The highest BCUT2D eigenvalue weighted by atomic mass is 32.1. The van der Waals surface area contributed by atoms with Crippen LogP contribution in [0.4, 0.5) is 5.13 Å². The summed E-state index contributed by atoms with van der Waals surface area (Å²) in [5, 5.41) is 7.41. The first-order valence-electron chi connectivity index (χ1n) is 7.50. The number of amides is 1. The van der Waals surface area contributed by atoms with Crippen molar-refractivity contribution in [1.82, 2.24) is 29.5 Å². The first-order valence-corrected chi connectivity index (χ1v) is 8.32. The van der Waals surface area contributed by atoms with E-state index in [-0.39, 0.29) is 5.82 Å². The number of nitrogens with zero attached hydrogens (tertiary/aromatic N) is 6. The summed E-state index contributed by atoms with van der Waals surface area (Å²) in [6, 6.07) is 7.47. The smallest absolute Gasteiger partial charge is 0.295 e. The predicted molar refractivity (Wildman–Crippen MR) is 93.6 cm³/mol. The molecule has 4 aromatic rings. The molecule has 0 aliphatic rings. The van der Waals surface area contributed by atoms with Crippen molar-refractivity contribution >= 4 is 28.2 Å². The number of thiazole rings is 1. The fraction of sp³-hybridized carbons (Fsp3) is 0.125. The van der Waals surface area contributed by atoms with E-state index in [1.165, 1.54) is 15.9 Å². The third-order valence-electron chi connectivity index (χ3n) is 3.55. The molecule has 8 nitrogen and oxygen atoms in total. The normalized spacial score (nSPS) is 11.0. The van der Waals surface area contributed by atoms with E-state index in [0.717, 1.165) is 22.0 Å². The fourth-order valence-corrected chi connectivity index (χ4v) is 3.28. The quantitative estimate of drug-likeness (QED) is 0.609. The van der Waals surface area contributed by atoms with Crippen molar-refractivity contribution in [3.8, 4) is 10.6 Å². The van der Waals surface area contributed by atoms with Gasteiger partial charge in [-0.2, -0.15) is 4.98 Å². The van der Waals surface area contributed by atoms with E-state index < -0.39 is 5.91 Å². The van der Waals surface area contributed by atoms with Gasteiger partial charge in [0.2, 0.25) is 5.82 Å². The zero-order chi connectivity index (χ0) is 17.4. The molecule has 0 atom stereocenters. The lowest BCUT2D eigenvalue weighted by molar-refractivity contribution is 0.101. The van der Waals surface area contributed by atoms with E-state index in [9.17, 15) is 4.79 Å². The van der Waals surface area contributed by atoms with Gasteiger partial charge in [-0.25, -0.2) is 14.5 Å². The highest BCUT2D eigenvalue weighted by Crippen LogP contribution is 2.31. The molecule has 0 saturated carbocycles. The van der Waals surface area contributed by atoms with E-state index in [0.29, 0.717) is 10.9 Å². The van der Waals surface area contributed by atoms with Crippen molar-refractivity contribution in [2.45, 2.75) is 13.8 Å². The van der Waals surface area contributed by atoms with Crippen LogP contribution in [-0.2, 0) is 0 Å². The van der Waals surface area contributed by atoms with Gasteiger partial charge in [0.05, 0.1) is 16.3 Å². The third kappa shape index (κ3) is 2.85. The van der Waals surface area contributed by atoms with Crippen molar-refractivity contribution in [1.29, 1.82) is 0 Å². The van der Waals surface area contributed by atoms with Gasteiger partial charge in [-0.1, -0.05) is 17.4 Å². The molecule has 1 amide bonds. The second-order valence-corrected chi connectivity index (χ2v) is 6.34. The number of carbonyl (C=O) groups is 1. The summed E-state index contributed by atoms with van der Waals surface area (Å²) in [7, 11) is 0.